The van der Waals surface area contributed by atoms with Crippen molar-refractivity contribution in [2.45, 2.75) is 36.8 Å². The normalized spacial score (nSPS) is 16.2. The molecule has 1 aliphatic rings. The molecule has 0 unspecified atom stereocenters. The van der Waals surface area contributed by atoms with E-state index in [-0.39, 0.29) is 10.5 Å². The van der Waals surface area contributed by atoms with E-state index in [0.717, 1.165) is 44.0 Å². The van der Waals surface area contributed by atoms with Crippen molar-refractivity contribution < 1.29 is 26.4 Å². The number of nitrogens with zero attached hydrogens (tertiary/aromatic N) is 2. The third-order valence-corrected chi connectivity index (χ3v) is 6.54. The summed E-state index contributed by atoms with van der Waals surface area (Å²) in [7, 11) is -3.60. The highest BCUT2D eigenvalue weighted by Gasteiger charge is 2.32. The Morgan fingerprint density at radius 2 is 1.59 bits per heavy atom. The second-order valence-electron chi connectivity index (χ2n) is 6.73. The molecular formula is C19H20F3N3O3S. The van der Waals surface area contributed by atoms with Crippen molar-refractivity contribution in [1.82, 2.24) is 9.29 Å². The van der Waals surface area contributed by atoms with Gasteiger partial charge in [0.2, 0.25) is 10.0 Å². The summed E-state index contributed by atoms with van der Waals surface area (Å²) >= 11 is 0. The highest BCUT2D eigenvalue weighted by Crippen LogP contribution is 2.27. The number of nitrogens with one attached hydrogen (secondary N) is 1. The molecule has 0 aliphatic carbocycles. The van der Waals surface area contributed by atoms with E-state index in [0.29, 0.717) is 18.8 Å². The molecule has 1 aromatic heterocycles. The van der Waals surface area contributed by atoms with E-state index in [1.165, 1.54) is 28.6 Å². The molecule has 1 aliphatic heterocycles. The molecule has 1 saturated heterocycles. The van der Waals surface area contributed by atoms with Crippen LogP contribution in [0.5, 0.6) is 0 Å². The molecule has 3 rings (SSSR count). The molecule has 0 saturated carbocycles. The van der Waals surface area contributed by atoms with Crippen LogP contribution in [0.3, 0.4) is 0 Å². The molecule has 1 fully saturated rings. The smallest absolute Gasteiger partial charge is 0.322 e. The first-order valence-corrected chi connectivity index (χ1v) is 10.6. The van der Waals surface area contributed by atoms with Crippen LogP contribution in [0.15, 0.2) is 47.5 Å². The average molecular weight is 427 g/mol. The van der Waals surface area contributed by atoms with E-state index in [2.05, 4.69) is 10.3 Å². The molecule has 29 heavy (non-hydrogen) atoms. The predicted molar refractivity (Wildman–Crippen MR) is 101 cm³/mol. The van der Waals surface area contributed by atoms with Crippen molar-refractivity contribution >= 4 is 21.6 Å². The minimum absolute atomic E-state index is 0.0423. The van der Waals surface area contributed by atoms with Crippen molar-refractivity contribution in [2.75, 3.05) is 18.4 Å². The number of rotatable bonds is 4. The lowest BCUT2D eigenvalue weighted by atomic mass is 10.2. The number of benzene rings is 1. The quantitative estimate of drug-likeness (QED) is 0.802. The number of sulfonamides is 1. The number of hydrogen-bond donors (Lipinski definition) is 1. The Bertz CT molecular complexity index is 951. The van der Waals surface area contributed by atoms with Crippen molar-refractivity contribution in [1.29, 1.82) is 0 Å². The summed E-state index contributed by atoms with van der Waals surface area (Å²) < 4.78 is 64.6. The fraction of sp³-hybridized carbons (Fsp3) is 0.368. The zero-order chi connectivity index (χ0) is 21.1. The van der Waals surface area contributed by atoms with E-state index in [1.54, 1.807) is 0 Å². The van der Waals surface area contributed by atoms with Gasteiger partial charge in [-0.3, -0.25) is 9.78 Å². The zero-order valence-corrected chi connectivity index (χ0v) is 16.3. The number of amides is 1. The summed E-state index contributed by atoms with van der Waals surface area (Å²) in [6.45, 7) is 0.976. The van der Waals surface area contributed by atoms with Crippen molar-refractivity contribution in [2.24, 2.45) is 0 Å². The van der Waals surface area contributed by atoms with Crippen LogP contribution in [-0.2, 0) is 16.2 Å². The highest BCUT2D eigenvalue weighted by molar-refractivity contribution is 7.89. The second-order valence-corrected chi connectivity index (χ2v) is 8.66. The fourth-order valence-electron chi connectivity index (χ4n) is 3.04. The number of pyridine rings is 1. The largest absolute Gasteiger partial charge is 0.433 e. The Kier molecular flexibility index (Phi) is 6.23. The summed E-state index contributed by atoms with van der Waals surface area (Å²) in [5, 5.41) is 2.52. The van der Waals surface area contributed by atoms with Gasteiger partial charge in [-0.05, 0) is 49.2 Å². The summed E-state index contributed by atoms with van der Waals surface area (Å²) in [6.07, 6.45) is -0.0608. The minimum atomic E-state index is -4.58. The van der Waals surface area contributed by atoms with Gasteiger partial charge in [0.15, 0.2) is 0 Å². The lowest BCUT2D eigenvalue weighted by molar-refractivity contribution is -0.141. The van der Waals surface area contributed by atoms with Gasteiger partial charge in [0.25, 0.3) is 5.91 Å². The SMILES string of the molecule is O=C(Nc1ccc(S(=O)(=O)N2CCCCCC2)cc1)c1ccc(C(F)(F)F)nc1. The fourth-order valence-corrected chi connectivity index (χ4v) is 4.56. The molecule has 2 heterocycles. The Balaban J connectivity index is 1.69. The van der Waals surface area contributed by atoms with E-state index in [4.69, 9.17) is 0 Å². The number of carbonyl (C=O) groups is 1. The van der Waals surface area contributed by atoms with Gasteiger partial charge in [-0.1, -0.05) is 12.8 Å². The van der Waals surface area contributed by atoms with Gasteiger partial charge in [-0.15, -0.1) is 0 Å². The van der Waals surface area contributed by atoms with Crippen LogP contribution >= 0.6 is 0 Å². The zero-order valence-electron chi connectivity index (χ0n) is 15.4. The van der Waals surface area contributed by atoms with Gasteiger partial charge in [0.05, 0.1) is 10.5 Å². The molecule has 0 spiro atoms. The number of aromatic nitrogens is 1. The average Bonchev–Trinajstić information content (AvgIpc) is 2.98. The maximum atomic E-state index is 12.7. The Morgan fingerprint density at radius 1 is 0.966 bits per heavy atom. The number of hydrogen-bond acceptors (Lipinski definition) is 4. The summed E-state index contributed by atoms with van der Waals surface area (Å²) in [5.41, 5.74) is -0.805. The maximum Gasteiger partial charge on any atom is 0.433 e. The van der Waals surface area contributed by atoms with Gasteiger partial charge in [-0.2, -0.15) is 17.5 Å². The number of carbonyl (C=O) groups excluding carboxylic acids is 1. The van der Waals surface area contributed by atoms with E-state index in [1.807, 2.05) is 0 Å². The summed E-state index contributed by atoms with van der Waals surface area (Å²) in [5.74, 6) is -0.644. The minimum Gasteiger partial charge on any atom is -0.322 e. The van der Waals surface area contributed by atoms with Crippen LogP contribution in [0.1, 0.15) is 41.7 Å². The van der Waals surface area contributed by atoms with E-state index >= 15 is 0 Å². The molecule has 2 aromatic rings. The van der Waals surface area contributed by atoms with Crippen LogP contribution < -0.4 is 5.32 Å². The molecule has 1 N–H and O–H groups in total. The molecule has 0 radical (unpaired) electrons. The Hall–Kier alpha value is -2.46. The molecule has 10 heteroatoms. The molecule has 0 atom stereocenters. The molecule has 6 nitrogen and oxygen atoms in total. The first-order valence-electron chi connectivity index (χ1n) is 9.13. The molecular weight excluding hydrogens is 407 g/mol. The lowest BCUT2D eigenvalue weighted by Crippen LogP contribution is -2.31. The number of alkyl halides is 3. The van der Waals surface area contributed by atoms with E-state index in [9.17, 15) is 26.4 Å². The first-order chi connectivity index (χ1) is 13.7. The number of halogens is 3. The molecule has 1 aromatic carbocycles. The van der Waals surface area contributed by atoms with Crippen LogP contribution in [-0.4, -0.2) is 36.7 Å². The Labute approximate surface area is 166 Å². The van der Waals surface area contributed by atoms with Crippen LogP contribution in [0.25, 0.3) is 0 Å². The van der Waals surface area contributed by atoms with Gasteiger partial charge in [0, 0.05) is 25.0 Å². The second kappa shape index (κ2) is 8.50. The van der Waals surface area contributed by atoms with Gasteiger partial charge in [-0.25, -0.2) is 8.42 Å². The van der Waals surface area contributed by atoms with Crippen LogP contribution in [0.2, 0.25) is 0 Å². The maximum absolute atomic E-state index is 12.7. The summed E-state index contributed by atoms with van der Waals surface area (Å²) in [6, 6.07) is 7.46. The first kappa shape index (κ1) is 21.3. The lowest BCUT2D eigenvalue weighted by Gasteiger charge is -2.20. The monoisotopic (exact) mass is 427 g/mol. The topological polar surface area (TPSA) is 79.4 Å². The van der Waals surface area contributed by atoms with Crippen LogP contribution in [0.4, 0.5) is 18.9 Å². The van der Waals surface area contributed by atoms with Crippen LogP contribution in [0, 0.1) is 0 Å². The van der Waals surface area contributed by atoms with Gasteiger partial charge in [0.1, 0.15) is 5.69 Å². The van der Waals surface area contributed by atoms with Crippen molar-refractivity contribution in [3.8, 4) is 0 Å². The Morgan fingerprint density at radius 3 is 2.10 bits per heavy atom. The third-order valence-electron chi connectivity index (χ3n) is 4.63. The van der Waals surface area contributed by atoms with Gasteiger partial charge >= 0.3 is 6.18 Å². The third kappa shape index (κ3) is 5.13. The predicted octanol–water partition coefficient (Wildman–Crippen LogP) is 3.92. The van der Waals surface area contributed by atoms with Crippen molar-refractivity contribution in [3.63, 3.8) is 0 Å². The summed E-state index contributed by atoms with van der Waals surface area (Å²) in [4.78, 5) is 15.6. The standard InChI is InChI=1S/C19H20F3N3O3S/c20-19(21,22)17-10-5-14(13-23-17)18(26)24-15-6-8-16(9-7-15)29(27,28)25-11-3-1-2-4-12-25/h5-10,13H,1-4,11-12H2,(H,24,26). The van der Waals surface area contributed by atoms with Gasteiger partial charge < -0.3 is 5.32 Å². The molecule has 0 bridgehead atoms. The highest BCUT2D eigenvalue weighted by atomic mass is 32.2. The molecule has 1 amide bonds. The number of anilines is 1. The molecule has 156 valence electrons. The van der Waals surface area contributed by atoms with Crippen molar-refractivity contribution in [3.05, 3.63) is 53.9 Å². The van der Waals surface area contributed by atoms with E-state index < -0.39 is 27.8 Å².